The summed E-state index contributed by atoms with van der Waals surface area (Å²) >= 11 is 6.09. The predicted molar refractivity (Wildman–Crippen MR) is 105 cm³/mol. The molecule has 142 valence electrons. The number of hydrogen-bond donors (Lipinski definition) is 1. The van der Waals surface area contributed by atoms with Crippen molar-refractivity contribution in [2.75, 3.05) is 11.6 Å². The number of hydrogen-bond acceptors (Lipinski definition) is 5. The van der Waals surface area contributed by atoms with Crippen molar-refractivity contribution in [1.29, 1.82) is 0 Å². The molecule has 10 heteroatoms. The van der Waals surface area contributed by atoms with E-state index in [4.69, 9.17) is 11.6 Å². The fourth-order valence-electron chi connectivity index (χ4n) is 2.84. The van der Waals surface area contributed by atoms with Crippen molar-refractivity contribution in [3.05, 3.63) is 71.8 Å². The van der Waals surface area contributed by atoms with Crippen LogP contribution in [0.5, 0.6) is 0 Å². The quantitative estimate of drug-likeness (QED) is 0.552. The summed E-state index contributed by atoms with van der Waals surface area (Å²) in [6, 6.07) is 11.7. The van der Waals surface area contributed by atoms with Crippen molar-refractivity contribution >= 4 is 38.5 Å². The van der Waals surface area contributed by atoms with E-state index in [9.17, 15) is 13.2 Å². The number of nitrogens with zero attached hydrogens (tertiary/aromatic N) is 4. The molecule has 8 nitrogen and oxygen atoms in total. The number of imidazole rings is 1. The monoisotopic (exact) mass is 415 g/mol. The molecule has 28 heavy (non-hydrogen) atoms. The first kappa shape index (κ1) is 18.2. The van der Waals surface area contributed by atoms with E-state index in [1.807, 2.05) is 0 Å². The van der Waals surface area contributed by atoms with Crippen molar-refractivity contribution in [3.63, 3.8) is 0 Å². The Hall–Kier alpha value is -3.17. The van der Waals surface area contributed by atoms with Gasteiger partial charge >= 0.3 is 0 Å². The Balaban J connectivity index is 1.80. The number of benzene rings is 1. The van der Waals surface area contributed by atoms with Crippen molar-refractivity contribution < 1.29 is 13.2 Å². The van der Waals surface area contributed by atoms with Crippen molar-refractivity contribution in [2.24, 2.45) is 0 Å². The zero-order valence-electron chi connectivity index (χ0n) is 14.6. The van der Waals surface area contributed by atoms with Gasteiger partial charge in [0.2, 0.25) is 15.0 Å². The fraction of sp³-hybridized carbons (Fsp3) is 0.0556. The Morgan fingerprint density at radius 1 is 1.14 bits per heavy atom. The van der Waals surface area contributed by atoms with Gasteiger partial charge < -0.3 is 5.32 Å². The number of halogens is 1. The van der Waals surface area contributed by atoms with E-state index in [1.54, 1.807) is 65.7 Å². The molecular formula is C18H14ClN5O3S. The van der Waals surface area contributed by atoms with Crippen LogP contribution in [0.3, 0.4) is 0 Å². The van der Waals surface area contributed by atoms with Gasteiger partial charge in [0.05, 0.1) is 16.9 Å². The first-order valence-electron chi connectivity index (χ1n) is 8.12. The first-order valence-corrected chi connectivity index (χ1v) is 10.4. The van der Waals surface area contributed by atoms with Gasteiger partial charge in [-0.25, -0.2) is 18.1 Å². The number of fused-ring (bicyclic) bond motifs is 1. The van der Waals surface area contributed by atoms with Gasteiger partial charge in [-0.3, -0.25) is 9.20 Å². The minimum Gasteiger partial charge on any atom is -0.319 e. The van der Waals surface area contributed by atoms with E-state index in [1.165, 1.54) is 4.40 Å². The average molecular weight is 416 g/mol. The van der Waals surface area contributed by atoms with Gasteiger partial charge in [-0.1, -0.05) is 17.7 Å². The van der Waals surface area contributed by atoms with Crippen LogP contribution in [0.2, 0.25) is 5.02 Å². The molecule has 0 unspecified atom stereocenters. The van der Waals surface area contributed by atoms with Crippen LogP contribution >= 0.6 is 11.6 Å². The highest BCUT2D eigenvalue weighted by atomic mass is 35.5. The number of carbonyl (C=O) groups is 1. The number of amides is 1. The molecule has 1 aromatic carbocycles. The van der Waals surface area contributed by atoms with Gasteiger partial charge in [-0.05, 0) is 36.4 Å². The molecule has 0 atom stereocenters. The van der Waals surface area contributed by atoms with E-state index < -0.39 is 15.7 Å². The Morgan fingerprint density at radius 3 is 2.68 bits per heavy atom. The maximum Gasteiger partial charge on any atom is 0.276 e. The van der Waals surface area contributed by atoms with Crippen molar-refractivity contribution in [2.45, 2.75) is 5.16 Å². The van der Waals surface area contributed by atoms with E-state index in [2.05, 4.69) is 15.4 Å². The number of nitrogens with one attached hydrogen (secondary N) is 1. The fourth-order valence-corrected chi connectivity index (χ4v) is 3.79. The summed E-state index contributed by atoms with van der Waals surface area (Å²) in [5.41, 5.74) is 1.39. The molecule has 0 aliphatic heterocycles. The van der Waals surface area contributed by atoms with Gasteiger partial charge in [0.25, 0.3) is 5.91 Å². The first-order chi connectivity index (χ1) is 13.3. The van der Waals surface area contributed by atoms with E-state index in [-0.39, 0.29) is 10.9 Å². The highest BCUT2D eigenvalue weighted by Gasteiger charge is 2.23. The summed E-state index contributed by atoms with van der Waals surface area (Å²) in [5.74, 6) is -0.561. The lowest BCUT2D eigenvalue weighted by atomic mass is 10.2. The second-order valence-electron chi connectivity index (χ2n) is 6.04. The summed E-state index contributed by atoms with van der Waals surface area (Å²) < 4.78 is 27.1. The molecule has 0 bridgehead atoms. The van der Waals surface area contributed by atoms with Crippen molar-refractivity contribution in [1.82, 2.24) is 19.2 Å². The lowest BCUT2D eigenvalue weighted by molar-refractivity contribution is 0.102. The van der Waals surface area contributed by atoms with E-state index >= 15 is 0 Å². The van der Waals surface area contributed by atoms with Gasteiger partial charge in [-0.2, -0.15) is 5.10 Å². The van der Waals surface area contributed by atoms with Crippen LogP contribution in [-0.4, -0.2) is 39.7 Å². The molecule has 4 aromatic rings. The van der Waals surface area contributed by atoms with Crippen LogP contribution in [0, 0.1) is 0 Å². The molecule has 3 heterocycles. The molecule has 0 spiro atoms. The summed E-state index contributed by atoms with van der Waals surface area (Å²) in [6.45, 7) is 0. The lowest BCUT2D eigenvalue weighted by Gasteiger charge is -2.11. The number of aromatic nitrogens is 4. The number of sulfone groups is 1. The van der Waals surface area contributed by atoms with Crippen LogP contribution in [0.25, 0.3) is 11.2 Å². The summed E-state index contributed by atoms with van der Waals surface area (Å²) in [6.07, 6.45) is 5.93. The van der Waals surface area contributed by atoms with Gasteiger partial charge in [-0.15, -0.1) is 0 Å². The van der Waals surface area contributed by atoms with Crippen LogP contribution < -0.4 is 5.32 Å². The zero-order valence-corrected chi connectivity index (χ0v) is 16.1. The predicted octanol–water partition coefficient (Wildman–Crippen LogP) is 2.83. The average Bonchev–Trinajstić information content (AvgIpc) is 3.29. The van der Waals surface area contributed by atoms with Crippen LogP contribution in [0.15, 0.2) is 66.2 Å². The molecule has 1 amide bonds. The van der Waals surface area contributed by atoms with E-state index in [0.29, 0.717) is 21.9 Å². The molecule has 0 aliphatic carbocycles. The third kappa shape index (κ3) is 3.25. The Morgan fingerprint density at radius 2 is 1.96 bits per heavy atom. The molecule has 0 saturated carbocycles. The minimum atomic E-state index is -3.63. The summed E-state index contributed by atoms with van der Waals surface area (Å²) in [7, 11) is -3.63. The second-order valence-corrected chi connectivity index (χ2v) is 8.38. The van der Waals surface area contributed by atoms with Gasteiger partial charge in [0.15, 0.2) is 5.69 Å². The SMILES string of the molecule is CS(=O)(=O)c1nc(C(=O)Nc2cc(Cl)ccc2-n2cccn2)c2ccccn12. The largest absolute Gasteiger partial charge is 0.319 e. The number of carbonyl (C=O) groups excluding carboxylic acids is 1. The van der Waals surface area contributed by atoms with Crippen LogP contribution in [-0.2, 0) is 9.84 Å². The maximum atomic E-state index is 12.9. The smallest absolute Gasteiger partial charge is 0.276 e. The standard InChI is InChI=1S/C18H14ClN5O3S/c1-28(26,27)18-22-16(15-5-2-3-9-23(15)18)17(25)21-13-11-12(19)6-7-14(13)24-10-4-8-20-24/h2-11H,1H3,(H,21,25). The molecule has 1 N–H and O–H groups in total. The summed E-state index contributed by atoms with van der Waals surface area (Å²) in [4.78, 5) is 17.0. The summed E-state index contributed by atoms with van der Waals surface area (Å²) in [5, 5.41) is 7.15. The number of rotatable bonds is 4. The minimum absolute atomic E-state index is 0.00702. The Bertz CT molecular complexity index is 1300. The second kappa shape index (κ2) is 6.77. The lowest BCUT2D eigenvalue weighted by Crippen LogP contribution is -2.15. The third-order valence-corrected chi connectivity index (χ3v) is 5.21. The van der Waals surface area contributed by atoms with Gasteiger partial charge in [0, 0.05) is 29.9 Å². The van der Waals surface area contributed by atoms with Crippen LogP contribution in [0.1, 0.15) is 10.5 Å². The van der Waals surface area contributed by atoms with E-state index in [0.717, 1.165) is 6.26 Å². The molecule has 0 fully saturated rings. The molecule has 0 saturated heterocycles. The van der Waals surface area contributed by atoms with Gasteiger partial charge in [0.1, 0.15) is 0 Å². The van der Waals surface area contributed by atoms with Crippen molar-refractivity contribution in [3.8, 4) is 5.69 Å². The molecule has 0 aliphatic rings. The third-order valence-electron chi connectivity index (χ3n) is 4.02. The zero-order chi connectivity index (χ0) is 19.9. The van der Waals surface area contributed by atoms with Crippen LogP contribution in [0.4, 0.5) is 5.69 Å². The Kier molecular flexibility index (Phi) is 4.40. The Labute approximate surface area is 165 Å². The number of pyridine rings is 1. The normalized spacial score (nSPS) is 11.6. The molecule has 0 radical (unpaired) electrons. The molecular weight excluding hydrogens is 402 g/mol. The highest BCUT2D eigenvalue weighted by Crippen LogP contribution is 2.25. The highest BCUT2D eigenvalue weighted by molar-refractivity contribution is 7.90. The molecule has 3 aromatic heterocycles. The maximum absolute atomic E-state index is 12.9. The number of anilines is 1. The topological polar surface area (TPSA) is 98.4 Å². The molecule has 4 rings (SSSR count).